The molecule has 5 heteroatoms. The Hall–Kier alpha value is -1.98. The minimum absolute atomic E-state index is 0.119. The number of carbonyl (C=O) groups excluding carboxylic acids is 1. The molecule has 1 aliphatic carbocycles. The number of pyridine rings is 1. The minimum atomic E-state index is -0.345. The van der Waals surface area contributed by atoms with Crippen molar-refractivity contribution < 1.29 is 9.53 Å². The lowest BCUT2D eigenvalue weighted by molar-refractivity contribution is -0.146. The van der Waals surface area contributed by atoms with Crippen molar-refractivity contribution in [1.29, 1.82) is 0 Å². The zero-order chi connectivity index (χ0) is 16.5. The van der Waals surface area contributed by atoms with Crippen LogP contribution in [0.4, 0.5) is 0 Å². The van der Waals surface area contributed by atoms with Crippen molar-refractivity contribution in [2.45, 2.75) is 38.5 Å². The summed E-state index contributed by atoms with van der Waals surface area (Å²) >= 11 is 0. The summed E-state index contributed by atoms with van der Waals surface area (Å²) in [5, 5.41) is 4.38. The average Bonchev–Trinajstić information content (AvgIpc) is 3.45. The molecule has 1 saturated carbocycles. The van der Waals surface area contributed by atoms with E-state index in [0.29, 0.717) is 25.7 Å². The fourth-order valence-electron chi connectivity index (χ4n) is 3.42. The van der Waals surface area contributed by atoms with Crippen LogP contribution in [0.15, 0.2) is 30.5 Å². The number of amides is 1. The summed E-state index contributed by atoms with van der Waals surface area (Å²) < 4.78 is 5.67. The molecule has 2 aliphatic rings. The van der Waals surface area contributed by atoms with Crippen LogP contribution in [0.1, 0.15) is 24.0 Å². The fourth-order valence-corrected chi connectivity index (χ4v) is 3.42. The summed E-state index contributed by atoms with van der Waals surface area (Å²) in [5.41, 5.74) is 3.35. The maximum Gasteiger partial charge on any atom is 0.253 e. The second kappa shape index (κ2) is 6.49. The molecular weight excluding hydrogens is 302 g/mol. The summed E-state index contributed by atoms with van der Waals surface area (Å²) in [4.78, 5) is 19.3. The molecule has 1 saturated heterocycles. The normalized spacial score (nSPS) is 21.0. The SMILES string of the molecule is Cc1cc(CN(C(=O)[C@H]2CNCCO2)C2CC2)cc2cccnc12. The van der Waals surface area contributed by atoms with Crippen molar-refractivity contribution in [3.63, 3.8) is 0 Å². The highest BCUT2D eigenvalue weighted by Gasteiger charge is 2.36. The maximum atomic E-state index is 12.9. The topological polar surface area (TPSA) is 54.5 Å². The lowest BCUT2D eigenvalue weighted by Gasteiger charge is -2.30. The van der Waals surface area contributed by atoms with Crippen LogP contribution < -0.4 is 5.32 Å². The molecule has 0 spiro atoms. The average molecular weight is 325 g/mol. The van der Waals surface area contributed by atoms with Gasteiger partial charge in [0.05, 0.1) is 12.1 Å². The Bertz CT molecular complexity index is 751. The number of hydrogen-bond donors (Lipinski definition) is 1. The quantitative estimate of drug-likeness (QED) is 0.934. The molecule has 1 aromatic carbocycles. The van der Waals surface area contributed by atoms with Crippen molar-refractivity contribution in [2.24, 2.45) is 0 Å². The van der Waals surface area contributed by atoms with Crippen molar-refractivity contribution in [2.75, 3.05) is 19.7 Å². The number of aromatic nitrogens is 1. The summed E-state index contributed by atoms with van der Waals surface area (Å²) in [6.07, 6.45) is 3.67. The lowest BCUT2D eigenvalue weighted by Crippen LogP contribution is -2.49. The van der Waals surface area contributed by atoms with Gasteiger partial charge in [0.15, 0.2) is 0 Å². The first-order valence-corrected chi connectivity index (χ1v) is 8.69. The number of carbonyl (C=O) groups is 1. The zero-order valence-electron chi connectivity index (χ0n) is 14.0. The van der Waals surface area contributed by atoms with E-state index < -0.39 is 0 Å². The van der Waals surface area contributed by atoms with Gasteiger partial charge in [-0.25, -0.2) is 0 Å². The molecule has 0 unspecified atom stereocenters. The van der Waals surface area contributed by atoms with Gasteiger partial charge < -0.3 is 15.0 Å². The van der Waals surface area contributed by atoms with Gasteiger partial charge in [-0.3, -0.25) is 9.78 Å². The van der Waals surface area contributed by atoms with Crippen LogP contribution in [0, 0.1) is 6.92 Å². The van der Waals surface area contributed by atoms with Crippen molar-refractivity contribution in [3.05, 3.63) is 41.6 Å². The Kier molecular flexibility index (Phi) is 4.21. The van der Waals surface area contributed by atoms with E-state index in [4.69, 9.17) is 4.74 Å². The number of benzene rings is 1. The van der Waals surface area contributed by atoms with Gasteiger partial charge in [0, 0.05) is 37.3 Å². The highest BCUT2D eigenvalue weighted by Crippen LogP contribution is 2.30. The van der Waals surface area contributed by atoms with Gasteiger partial charge in [-0.2, -0.15) is 0 Å². The highest BCUT2D eigenvalue weighted by atomic mass is 16.5. The Balaban J connectivity index is 1.58. The van der Waals surface area contributed by atoms with E-state index in [-0.39, 0.29) is 12.0 Å². The van der Waals surface area contributed by atoms with Crippen LogP contribution in [-0.4, -0.2) is 47.6 Å². The number of morpholine rings is 1. The molecule has 1 N–H and O–H groups in total. The number of ether oxygens (including phenoxy) is 1. The van der Waals surface area contributed by atoms with E-state index in [1.807, 2.05) is 17.2 Å². The first-order valence-electron chi connectivity index (χ1n) is 8.69. The monoisotopic (exact) mass is 325 g/mol. The number of nitrogens with one attached hydrogen (secondary N) is 1. The fraction of sp³-hybridized carbons (Fsp3) is 0.474. The Labute approximate surface area is 142 Å². The number of fused-ring (bicyclic) bond motifs is 1. The number of nitrogens with zero attached hydrogens (tertiary/aromatic N) is 2. The summed E-state index contributed by atoms with van der Waals surface area (Å²) in [6, 6.07) is 8.70. The third-order valence-corrected chi connectivity index (χ3v) is 4.78. The third-order valence-electron chi connectivity index (χ3n) is 4.78. The number of aryl methyl sites for hydroxylation is 1. The predicted molar refractivity (Wildman–Crippen MR) is 92.7 cm³/mol. The van der Waals surface area contributed by atoms with Crippen LogP contribution in [-0.2, 0) is 16.1 Å². The summed E-state index contributed by atoms with van der Waals surface area (Å²) in [6.45, 7) is 4.77. The van der Waals surface area contributed by atoms with Gasteiger partial charge in [0.1, 0.15) is 6.10 Å². The summed E-state index contributed by atoms with van der Waals surface area (Å²) in [7, 11) is 0. The van der Waals surface area contributed by atoms with E-state index in [1.54, 1.807) is 0 Å². The van der Waals surface area contributed by atoms with Gasteiger partial charge in [0.2, 0.25) is 0 Å². The van der Waals surface area contributed by atoms with Gasteiger partial charge in [0.25, 0.3) is 5.91 Å². The van der Waals surface area contributed by atoms with Crippen LogP contribution in [0.3, 0.4) is 0 Å². The lowest BCUT2D eigenvalue weighted by atomic mass is 10.1. The second-order valence-corrected chi connectivity index (χ2v) is 6.75. The first kappa shape index (κ1) is 15.5. The molecule has 0 radical (unpaired) electrons. The molecule has 5 nitrogen and oxygen atoms in total. The van der Waals surface area contributed by atoms with Crippen LogP contribution in [0.25, 0.3) is 10.9 Å². The molecule has 1 aromatic heterocycles. The molecule has 126 valence electrons. The smallest absolute Gasteiger partial charge is 0.253 e. The number of rotatable bonds is 4. The first-order chi connectivity index (χ1) is 11.7. The van der Waals surface area contributed by atoms with E-state index in [0.717, 1.165) is 41.4 Å². The molecule has 1 atom stereocenters. The van der Waals surface area contributed by atoms with Gasteiger partial charge in [-0.05, 0) is 43.0 Å². The molecule has 4 rings (SSSR count). The predicted octanol–water partition coefficient (Wildman–Crippen LogP) is 2.02. The molecule has 1 aliphatic heterocycles. The van der Waals surface area contributed by atoms with Crippen LogP contribution in [0.2, 0.25) is 0 Å². The highest BCUT2D eigenvalue weighted by molar-refractivity contribution is 5.84. The molecule has 0 bridgehead atoms. The van der Waals surface area contributed by atoms with Crippen molar-refractivity contribution >= 4 is 16.8 Å². The van der Waals surface area contributed by atoms with E-state index in [9.17, 15) is 4.79 Å². The Morgan fingerprint density at radius 2 is 2.29 bits per heavy atom. The van der Waals surface area contributed by atoms with Gasteiger partial charge in [-0.15, -0.1) is 0 Å². The Morgan fingerprint density at radius 3 is 3.04 bits per heavy atom. The summed E-state index contributed by atoms with van der Waals surface area (Å²) in [5.74, 6) is 0.119. The molecular formula is C19H23N3O2. The van der Waals surface area contributed by atoms with E-state index >= 15 is 0 Å². The van der Waals surface area contributed by atoms with Crippen LogP contribution >= 0.6 is 0 Å². The second-order valence-electron chi connectivity index (χ2n) is 6.75. The minimum Gasteiger partial charge on any atom is -0.366 e. The van der Waals surface area contributed by atoms with Crippen molar-refractivity contribution in [3.8, 4) is 0 Å². The standard InChI is InChI=1S/C19H23N3O2/c1-13-9-14(10-15-3-2-6-21-18(13)15)12-22(16-4-5-16)19(23)17-11-20-7-8-24-17/h2-3,6,9-10,16-17,20H,4-5,7-8,11-12H2,1H3/t17-/m1/s1. The largest absolute Gasteiger partial charge is 0.366 e. The van der Waals surface area contributed by atoms with E-state index in [1.165, 1.54) is 0 Å². The molecule has 2 aromatic rings. The van der Waals surface area contributed by atoms with Crippen molar-refractivity contribution in [1.82, 2.24) is 15.2 Å². The molecule has 2 fully saturated rings. The molecule has 1 amide bonds. The maximum absolute atomic E-state index is 12.9. The zero-order valence-corrected chi connectivity index (χ0v) is 14.0. The Morgan fingerprint density at radius 1 is 1.42 bits per heavy atom. The molecule has 24 heavy (non-hydrogen) atoms. The molecule has 2 heterocycles. The van der Waals surface area contributed by atoms with Gasteiger partial charge >= 0.3 is 0 Å². The number of hydrogen-bond acceptors (Lipinski definition) is 4. The third kappa shape index (κ3) is 3.14. The van der Waals surface area contributed by atoms with Gasteiger partial charge in [-0.1, -0.05) is 12.1 Å². The van der Waals surface area contributed by atoms with Crippen LogP contribution in [0.5, 0.6) is 0 Å². The van der Waals surface area contributed by atoms with E-state index in [2.05, 4.69) is 35.4 Å².